The highest BCUT2D eigenvalue weighted by molar-refractivity contribution is 9.11. The van der Waals surface area contributed by atoms with E-state index >= 15 is 0 Å². The van der Waals surface area contributed by atoms with Crippen LogP contribution >= 0.6 is 31.9 Å². The number of rotatable bonds is 8. The lowest BCUT2D eigenvalue weighted by molar-refractivity contribution is -0.119. The lowest BCUT2D eigenvalue weighted by Crippen LogP contribution is -2.44. The van der Waals surface area contributed by atoms with Gasteiger partial charge in [0.05, 0.1) is 8.95 Å². The minimum absolute atomic E-state index is 0.0386. The molecule has 0 radical (unpaired) electrons. The topological polar surface area (TPSA) is 90.0 Å². The van der Waals surface area contributed by atoms with Gasteiger partial charge in [-0.3, -0.25) is 9.59 Å². The van der Waals surface area contributed by atoms with Gasteiger partial charge in [0.15, 0.2) is 17.3 Å². The summed E-state index contributed by atoms with van der Waals surface area (Å²) in [4.78, 5) is 30.4. The van der Waals surface area contributed by atoms with Crippen molar-refractivity contribution in [3.05, 3.63) is 79.0 Å². The first kappa shape index (κ1) is 33.1. The van der Waals surface area contributed by atoms with Crippen molar-refractivity contribution in [2.75, 3.05) is 20.3 Å². The maximum Gasteiger partial charge on any atom is 0.339 e. The Hall–Kier alpha value is -2.27. The number of carbonyl (C=O) groups is 2. The van der Waals surface area contributed by atoms with Gasteiger partial charge < -0.3 is 13.8 Å². The third kappa shape index (κ3) is 6.50. The average molecular weight is 750 g/mol. The average Bonchev–Trinajstić information content (AvgIpc) is 2.90. The molecule has 0 bridgehead atoms. The minimum Gasteiger partial charge on any atom is -0.385 e. The van der Waals surface area contributed by atoms with E-state index < -0.39 is 16.0 Å². The van der Waals surface area contributed by atoms with Crippen LogP contribution in [-0.4, -0.2) is 45.1 Å². The van der Waals surface area contributed by atoms with E-state index in [1.54, 1.807) is 31.4 Å². The number of ketones is 2. The molecule has 7 nitrogen and oxygen atoms in total. The molecule has 236 valence electrons. The fourth-order valence-electron chi connectivity index (χ4n) is 6.71. The number of ether oxygens (including phenoxy) is 1. The summed E-state index contributed by atoms with van der Waals surface area (Å²) in [5.41, 5.74) is 4.48. The van der Waals surface area contributed by atoms with Crippen molar-refractivity contribution < 1.29 is 26.9 Å². The van der Waals surface area contributed by atoms with Crippen LogP contribution in [0.3, 0.4) is 0 Å². The molecular formula is C34H39Br2NO6S. The normalized spacial score (nSPS) is 20.1. The van der Waals surface area contributed by atoms with Gasteiger partial charge in [-0.2, -0.15) is 8.42 Å². The quantitative estimate of drug-likeness (QED) is 0.200. The van der Waals surface area contributed by atoms with Gasteiger partial charge in [-0.1, -0.05) is 45.4 Å². The number of hydrogen-bond acceptors (Lipinski definition) is 7. The van der Waals surface area contributed by atoms with Crippen molar-refractivity contribution in [3.63, 3.8) is 0 Å². The maximum atomic E-state index is 14.0. The van der Waals surface area contributed by atoms with E-state index in [1.807, 2.05) is 6.92 Å². The van der Waals surface area contributed by atoms with Gasteiger partial charge >= 0.3 is 10.1 Å². The van der Waals surface area contributed by atoms with Crippen molar-refractivity contribution >= 4 is 53.5 Å². The zero-order chi connectivity index (χ0) is 32.2. The van der Waals surface area contributed by atoms with Crippen LogP contribution < -0.4 is 4.18 Å². The highest BCUT2D eigenvalue weighted by Crippen LogP contribution is 2.55. The van der Waals surface area contributed by atoms with E-state index in [4.69, 9.17) is 8.92 Å². The summed E-state index contributed by atoms with van der Waals surface area (Å²) in [6.07, 6.45) is 2.95. The molecule has 44 heavy (non-hydrogen) atoms. The molecule has 0 N–H and O–H groups in total. The van der Waals surface area contributed by atoms with Crippen LogP contribution in [0, 0.1) is 17.8 Å². The van der Waals surface area contributed by atoms with Crippen molar-refractivity contribution in [1.82, 2.24) is 4.90 Å². The van der Waals surface area contributed by atoms with E-state index in [2.05, 4.69) is 64.5 Å². The van der Waals surface area contributed by atoms with Gasteiger partial charge in [0.25, 0.3) is 0 Å². The van der Waals surface area contributed by atoms with Crippen LogP contribution in [0.5, 0.6) is 5.75 Å². The third-order valence-corrected chi connectivity index (χ3v) is 11.0. The Labute approximate surface area is 277 Å². The molecule has 5 rings (SSSR count). The van der Waals surface area contributed by atoms with Gasteiger partial charge in [-0.25, -0.2) is 0 Å². The SMILES string of the molecule is COCCCN1C2=C(C(=O)CC(C)(C)C2)C(c2cc(Br)c(OS(=O)(=O)c3ccc(C)cc3)c(Br)c2)C2=C1CC(C)(C)CC2=O. The number of nitrogens with zero attached hydrogens (tertiary/aromatic N) is 1. The number of Topliss-reactive ketones (excluding diaryl/α,β-unsaturated/α-hetero) is 2. The van der Waals surface area contributed by atoms with Gasteiger partial charge in [0.2, 0.25) is 0 Å². The molecule has 3 aliphatic rings. The monoisotopic (exact) mass is 747 g/mol. The van der Waals surface area contributed by atoms with Crippen molar-refractivity contribution in [3.8, 4) is 5.75 Å². The van der Waals surface area contributed by atoms with Gasteiger partial charge in [0.1, 0.15) is 4.90 Å². The largest absolute Gasteiger partial charge is 0.385 e. The Kier molecular flexibility index (Phi) is 9.14. The highest BCUT2D eigenvalue weighted by Gasteiger charge is 2.49. The first-order valence-electron chi connectivity index (χ1n) is 14.8. The molecule has 0 fully saturated rings. The van der Waals surface area contributed by atoms with E-state index in [9.17, 15) is 18.0 Å². The van der Waals surface area contributed by atoms with E-state index in [-0.39, 0.29) is 33.0 Å². The number of benzene rings is 2. The Morgan fingerprint density at radius 1 is 0.864 bits per heavy atom. The highest BCUT2D eigenvalue weighted by atomic mass is 79.9. The molecule has 2 aromatic rings. The molecule has 0 saturated heterocycles. The number of carbonyl (C=O) groups excluding carboxylic acids is 2. The van der Waals surface area contributed by atoms with Crippen LogP contribution in [0.4, 0.5) is 0 Å². The van der Waals surface area contributed by atoms with Gasteiger partial charge in [0, 0.05) is 61.6 Å². The van der Waals surface area contributed by atoms with Gasteiger partial charge in [-0.15, -0.1) is 0 Å². The Balaban J connectivity index is 1.65. The van der Waals surface area contributed by atoms with E-state index in [1.165, 1.54) is 12.1 Å². The maximum absolute atomic E-state index is 14.0. The summed E-state index contributed by atoms with van der Waals surface area (Å²) in [6.45, 7) is 11.6. The third-order valence-electron chi connectivity index (χ3n) is 8.61. The second-order valence-electron chi connectivity index (χ2n) is 13.7. The molecule has 10 heteroatoms. The van der Waals surface area contributed by atoms with Crippen LogP contribution in [0.1, 0.15) is 76.8 Å². The molecule has 2 aliphatic carbocycles. The Morgan fingerprint density at radius 3 is 1.84 bits per heavy atom. The molecule has 0 saturated carbocycles. The predicted molar refractivity (Wildman–Crippen MR) is 177 cm³/mol. The molecule has 1 heterocycles. The molecular weight excluding hydrogens is 710 g/mol. The first-order chi connectivity index (χ1) is 20.5. The zero-order valence-electron chi connectivity index (χ0n) is 26.1. The molecule has 0 spiro atoms. The molecule has 0 amide bonds. The summed E-state index contributed by atoms with van der Waals surface area (Å²) in [5.74, 6) is -0.392. The fourth-order valence-corrected chi connectivity index (χ4v) is 9.27. The molecule has 1 aliphatic heterocycles. The number of aryl methyl sites for hydroxylation is 1. The number of allylic oxidation sites excluding steroid dienone is 4. The van der Waals surface area contributed by atoms with Crippen LogP contribution in [0.2, 0.25) is 0 Å². The second-order valence-corrected chi connectivity index (χ2v) is 17.0. The fraction of sp³-hybridized carbons (Fsp3) is 0.471. The van der Waals surface area contributed by atoms with Crippen LogP contribution in [0.15, 0.2) is 72.8 Å². The van der Waals surface area contributed by atoms with Crippen molar-refractivity contribution in [2.24, 2.45) is 10.8 Å². The van der Waals surface area contributed by atoms with E-state index in [0.29, 0.717) is 58.9 Å². The first-order valence-corrected chi connectivity index (χ1v) is 17.8. The number of hydrogen-bond donors (Lipinski definition) is 0. The van der Waals surface area contributed by atoms with Crippen LogP contribution in [-0.2, 0) is 24.4 Å². The predicted octanol–water partition coefficient (Wildman–Crippen LogP) is 8.01. The zero-order valence-corrected chi connectivity index (χ0v) is 30.0. The molecule has 0 aromatic heterocycles. The lowest BCUT2D eigenvalue weighted by Gasteiger charge is -2.49. The lowest BCUT2D eigenvalue weighted by atomic mass is 9.63. The molecule has 0 atom stereocenters. The summed E-state index contributed by atoms with van der Waals surface area (Å²) < 4.78 is 38.1. The smallest absolute Gasteiger partial charge is 0.339 e. The second kappa shape index (κ2) is 12.2. The standard InChI is InChI=1S/C34H39Br2NO6S/c1-20-8-10-22(11-9-20)44(40,41)43-32-23(35)14-21(15-24(32)36)29-30-25(16-33(2,3)18-27(30)38)37(12-7-13-42-6)26-17-34(4,5)19-28(39)31(26)29/h8-11,14-15,29H,7,12-13,16-19H2,1-6H3. The minimum atomic E-state index is -4.12. The summed E-state index contributed by atoms with van der Waals surface area (Å²) in [6, 6.07) is 10.0. The van der Waals surface area contributed by atoms with E-state index in [0.717, 1.165) is 28.9 Å². The van der Waals surface area contributed by atoms with Crippen molar-refractivity contribution in [2.45, 2.75) is 77.5 Å². The summed E-state index contributed by atoms with van der Waals surface area (Å²) in [5, 5.41) is 0. The number of halogens is 2. The number of methoxy groups -OCH3 is 1. The van der Waals surface area contributed by atoms with Crippen LogP contribution in [0.25, 0.3) is 0 Å². The summed E-state index contributed by atoms with van der Waals surface area (Å²) >= 11 is 7.10. The van der Waals surface area contributed by atoms with Crippen molar-refractivity contribution in [1.29, 1.82) is 0 Å². The molecule has 0 unspecified atom stereocenters. The molecule has 2 aromatic carbocycles. The Morgan fingerprint density at radius 2 is 1.36 bits per heavy atom. The summed E-state index contributed by atoms with van der Waals surface area (Å²) in [7, 11) is -2.44. The van der Waals surface area contributed by atoms with Gasteiger partial charge in [-0.05, 0) is 98.7 Å². The Bertz CT molecular complexity index is 1610.